The summed E-state index contributed by atoms with van der Waals surface area (Å²) in [5.41, 5.74) is 0.609. The fourth-order valence-electron chi connectivity index (χ4n) is 2.65. The molecule has 1 heterocycles. The van der Waals surface area contributed by atoms with Crippen molar-refractivity contribution in [3.63, 3.8) is 0 Å². The van der Waals surface area contributed by atoms with E-state index in [1.165, 1.54) is 0 Å². The van der Waals surface area contributed by atoms with Gasteiger partial charge < -0.3 is 10.2 Å². The van der Waals surface area contributed by atoms with E-state index in [1.807, 2.05) is 26.1 Å². The van der Waals surface area contributed by atoms with E-state index < -0.39 is 0 Å². The fourth-order valence-corrected chi connectivity index (χ4v) is 3.03. The zero-order valence-corrected chi connectivity index (χ0v) is 13.4. The Morgan fingerprint density at radius 2 is 2.00 bits per heavy atom. The molecule has 0 unspecified atom stereocenters. The summed E-state index contributed by atoms with van der Waals surface area (Å²) in [6.45, 7) is 4.33. The smallest absolute Gasteiger partial charge is 0.228 e. The predicted octanol–water partition coefficient (Wildman–Crippen LogP) is 3.34. The fraction of sp³-hybridized carbons (Fsp3) is 0.533. The number of nitrogens with zero attached hydrogens (tertiary/aromatic N) is 1. The summed E-state index contributed by atoms with van der Waals surface area (Å²) < 4.78 is 0. The Morgan fingerprint density at radius 1 is 1.35 bits per heavy atom. The lowest BCUT2D eigenvalue weighted by Crippen LogP contribution is -2.46. The van der Waals surface area contributed by atoms with E-state index in [4.69, 9.17) is 23.2 Å². The molecular formula is C15H20Cl2N2O. The highest BCUT2D eigenvalue weighted by atomic mass is 35.5. The van der Waals surface area contributed by atoms with Crippen LogP contribution in [-0.4, -0.2) is 30.9 Å². The summed E-state index contributed by atoms with van der Waals surface area (Å²) in [6, 6.07) is 5.51. The molecule has 1 amide bonds. The SMILES string of the molecule is CN(Cc1cccc(Cl)c1Cl)C(=O)C1(C)CCNCC1. The molecular weight excluding hydrogens is 295 g/mol. The number of hydrogen-bond acceptors (Lipinski definition) is 2. The van der Waals surface area contributed by atoms with E-state index in [0.29, 0.717) is 16.6 Å². The normalized spacial score (nSPS) is 17.8. The average Bonchev–Trinajstić information content (AvgIpc) is 2.44. The molecule has 5 heteroatoms. The summed E-state index contributed by atoms with van der Waals surface area (Å²) in [7, 11) is 1.83. The molecule has 1 saturated heterocycles. The zero-order valence-electron chi connectivity index (χ0n) is 11.9. The number of hydrogen-bond donors (Lipinski definition) is 1. The molecule has 0 spiro atoms. The van der Waals surface area contributed by atoms with E-state index in [0.717, 1.165) is 31.5 Å². The van der Waals surface area contributed by atoms with Gasteiger partial charge in [0.25, 0.3) is 0 Å². The second-order valence-corrected chi connectivity index (χ2v) is 6.47. The maximum Gasteiger partial charge on any atom is 0.228 e. The van der Waals surface area contributed by atoms with E-state index in [1.54, 1.807) is 11.0 Å². The summed E-state index contributed by atoms with van der Waals surface area (Å²) >= 11 is 12.2. The van der Waals surface area contributed by atoms with Gasteiger partial charge in [-0.3, -0.25) is 4.79 Å². The molecule has 1 aromatic rings. The van der Waals surface area contributed by atoms with Gasteiger partial charge in [-0.25, -0.2) is 0 Å². The van der Waals surface area contributed by atoms with Gasteiger partial charge in [-0.1, -0.05) is 42.3 Å². The van der Waals surface area contributed by atoms with Crippen molar-refractivity contribution in [3.05, 3.63) is 33.8 Å². The monoisotopic (exact) mass is 314 g/mol. The van der Waals surface area contributed by atoms with Crippen LogP contribution in [0.2, 0.25) is 10.0 Å². The van der Waals surface area contributed by atoms with E-state index in [2.05, 4.69) is 5.32 Å². The first-order chi connectivity index (χ1) is 9.44. The van der Waals surface area contributed by atoms with Crippen LogP contribution in [0.25, 0.3) is 0 Å². The van der Waals surface area contributed by atoms with Crippen molar-refractivity contribution in [2.24, 2.45) is 5.41 Å². The highest BCUT2D eigenvalue weighted by Crippen LogP contribution is 2.32. The lowest BCUT2D eigenvalue weighted by molar-refractivity contribution is -0.141. The van der Waals surface area contributed by atoms with Crippen LogP contribution in [0.3, 0.4) is 0 Å². The Morgan fingerprint density at radius 3 is 2.65 bits per heavy atom. The standard InChI is InChI=1S/C15H20Cl2N2O/c1-15(6-8-18-9-7-15)14(20)19(2)10-11-4-3-5-12(16)13(11)17/h3-5,18H,6-10H2,1-2H3. The van der Waals surface area contributed by atoms with Crippen LogP contribution < -0.4 is 5.32 Å². The van der Waals surface area contributed by atoms with Crippen LogP contribution in [-0.2, 0) is 11.3 Å². The Kier molecular flexibility index (Phi) is 4.95. The van der Waals surface area contributed by atoms with Gasteiger partial charge in [-0.15, -0.1) is 0 Å². The van der Waals surface area contributed by atoms with Crippen molar-refractivity contribution in [1.82, 2.24) is 10.2 Å². The quantitative estimate of drug-likeness (QED) is 0.928. The Hall–Kier alpha value is -0.770. The molecule has 3 nitrogen and oxygen atoms in total. The lowest BCUT2D eigenvalue weighted by atomic mass is 9.79. The van der Waals surface area contributed by atoms with Crippen LogP contribution in [0.1, 0.15) is 25.3 Å². The third-order valence-corrected chi connectivity index (χ3v) is 4.87. The number of benzene rings is 1. The minimum Gasteiger partial charge on any atom is -0.341 e. The molecule has 0 aromatic heterocycles. The Labute approximate surface area is 130 Å². The molecule has 1 aliphatic heterocycles. The number of amides is 1. The number of halogens is 2. The number of carbonyl (C=O) groups excluding carboxylic acids is 1. The minimum atomic E-state index is -0.273. The van der Waals surface area contributed by atoms with Gasteiger partial charge >= 0.3 is 0 Å². The van der Waals surface area contributed by atoms with Crippen LogP contribution in [0.4, 0.5) is 0 Å². The molecule has 1 fully saturated rings. The topological polar surface area (TPSA) is 32.3 Å². The highest BCUT2D eigenvalue weighted by molar-refractivity contribution is 6.42. The Bertz CT molecular complexity index is 499. The molecule has 0 atom stereocenters. The molecule has 0 aliphatic carbocycles. The maximum absolute atomic E-state index is 12.6. The van der Waals surface area contributed by atoms with Crippen molar-refractivity contribution >= 4 is 29.1 Å². The second-order valence-electron chi connectivity index (χ2n) is 5.68. The van der Waals surface area contributed by atoms with Crippen molar-refractivity contribution in [2.45, 2.75) is 26.3 Å². The van der Waals surface area contributed by atoms with Crippen molar-refractivity contribution in [2.75, 3.05) is 20.1 Å². The van der Waals surface area contributed by atoms with Gasteiger partial charge in [0.15, 0.2) is 0 Å². The van der Waals surface area contributed by atoms with Gasteiger partial charge in [-0.2, -0.15) is 0 Å². The van der Waals surface area contributed by atoms with Crippen molar-refractivity contribution in [1.29, 1.82) is 0 Å². The summed E-state index contributed by atoms with van der Waals surface area (Å²) in [5, 5.41) is 4.35. The highest BCUT2D eigenvalue weighted by Gasteiger charge is 2.36. The minimum absolute atomic E-state index is 0.176. The third-order valence-electron chi connectivity index (χ3n) is 4.01. The molecule has 0 saturated carbocycles. The molecule has 1 aromatic carbocycles. The van der Waals surface area contributed by atoms with E-state index >= 15 is 0 Å². The van der Waals surface area contributed by atoms with Crippen LogP contribution in [0.15, 0.2) is 18.2 Å². The average molecular weight is 315 g/mol. The number of rotatable bonds is 3. The van der Waals surface area contributed by atoms with Crippen LogP contribution in [0, 0.1) is 5.41 Å². The Balaban J connectivity index is 2.09. The van der Waals surface area contributed by atoms with Gasteiger partial charge in [0.2, 0.25) is 5.91 Å². The maximum atomic E-state index is 12.6. The number of nitrogens with one attached hydrogen (secondary N) is 1. The summed E-state index contributed by atoms with van der Waals surface area (Å²) in [5.74, 6) is 0.176. The van der Waals surface area contributed by atoms with E-state index in [9.17, 15) is 4.79 Å². The van der Waals surface area contributed by atoms with Gasteiger partial charge in [0.1, 0.15) is 0 Å². The molecule has 0 radical (unpaired) electrons. The van der Waals surface area contributed by atoms with Gasteiger partial charge in [0, 0.05) is 19.0 Å². The molecule has 1 N–H and O–H groups in total. The number of carbonyl (C=O) groups is 1. The van der Waals surface area contributed by atoms with Crippen LogP contribution >= 0.6 is 23.2 Å². The zero-order chi connectivity index (χ0) is 14.8. The first kappa shape index (κ1) is 15.6. The number of piperidine rings is 1. The summed E-state index contributed by atoms with van der Waals surface area (Å²) in [4.78, 5) is 14.4. The first-order valence-electron chi connectivity index (χ1n) is 6.83. The summed E-state index contributed by atoms with van der Waals surface area (Å²) in [6.07, 6.45) is 1.75. The third kappa shape index (κ3) is 3.27. The molecule has 110 valence electrons. The molecule has 20 heavy (non-hydrogen) atoms. The molecule has 1 aliphatic rings. The first-order valence-corrected chi connectivity index (χ1v) is 7.59. The lowest BCUT2D eigenvalue weighted by Gasteiger charge is -2.36. The largest absolute Gasteiger partial charge is 0.341 e. The van der Waals surface area contributed by atoms with Crippen molar-refractivity contribution < 1.29 is 4.79 Å². The predicted molar refractivity (Wildman–Crippen MR) is 83.1 cm³/mol. The molecule has 2 rings (SSSR count). The molecule has 0 bridgehead atoms. The van der Waals surface area contributed by atoms with E-state index in [-0.39, 0.29) is 11.3 Å². The second kappa shape index (κ2) is 6.33. The van der Waals surface area contributed by atoms with Gasteiger partial charge in [-0.05, 0) is 37.6 Å². The van der Waals surface area contributed by atoms with Crippen molar-refractivity contribution in [3.8, 4) is 0 Å². The van der Waals surface area contributed by atoms with Gasteiger partial charge in [0.05, 0.1) is 10.0 Å². The van der Waals surface area contributed by atoms with Crippen LogP contribution in [0.5, 0.6) is 0 Å².